The van der Waals surface area contributed by atoms with E-state index < -0.39 is 5.91 Å². The van der Waals surface area contributed by atoms with E-state index in [4.69, 9.17) is 16.6 Å². The molecule has 0 aliphatic rings. The Hall–Kier alpha value is -2.93. The van der Waals surface area contributed by atoms with E-state index in [-0.39, 0.29) is 17.4 Å². The summed E-state index contributed by atoms with van der Waals surface area (Å²) in [5, 5.41) is 2.42. The number of hydrogen-bond acceptors (Lipinski definition) is 4. The van der Waals surface area contributed by atoms with Crippen molar-refractivity contribution < 1.29 is 14.0 Å². The monoisotopic (exact) mass is 343 g/mol. The third-order valence-corrected chi connectivity index (χ3v) is 3.12. The van der Waals surface area contributed by atoms with Crippen molar-refractivity contribution in [1.82, 2.24) is 16.2 Å². The summed E-state index contributed by atoms with van der Waals surface area (Å²) >= 11 is 4.93. The number of aryl methyl sites for hydroxylation is 1. The molecule has 0 spiro atoms. The lowest BCUT2D eigenvalue weighted by molar-refractivity contribution is -0.121. The van der Waals surface area contributed by atoms with Crippen molar-refractivity contribution >= 4 is 35.2 Å². The molecule has 0 saturated heterocycles. The average Bonchev–Trinajstić information content (AvgIpc) is 2.97. The largest absolute Gasteiger partial charge is 0.462 e. The molecule has 1 heterocycles. The number of nitrogens with one attached hydrogen (secondary N) is 3. The van der Waals surface area contributed by atoms with Gasteiger partial charge in [-0.2, -0.15) is 0 Å². The van der Waals surface area contributed by atoms with E-state index >= 15 is 0 Å². The van der Waals surface area contributed by atoms with Crippen molar-refractivity contribution in [1.29, 1.82) is 0 Å². The van der Waals surface area contributed by atoms with Crippen LogP contribution in [0.4, 0.5) is 0 Å². The van der Waals surface area contributed by atoms with Crippen LogP contribution in [0.3, 0.4) is 0 Å². The fraction of sp³-hybridized carbons (Fsp3) is 0.118. The first kappa shape index (κ1) is 17.4. The molecular weight excluding hydrogens is 326 g/mol. The summed E-state index contributed by atoms with van der Waals surface area (Å²) < 4.78 is 5.30. The quantitative estimate of drug-likeness (QED) is 0.448. The fourth-order valence-corrected chi connectivity index (χ4v) is 1.99. The second-order valence-corrected chi connectivity index (χ2v) is 5.34. The lowest BCUT2D eigenvalue weighted by Gasteiger charge is -2.09. The zero-order chi connectivity index (χ0) is 17.4. The molecule has 3 N–H and O–H groups in total. The number of carbonyl (C=O) groups is 2. The zero-order valence-electron chi connectivity index (χ0n) is 13.0. The van der Waals surface area contributed by atoms with Crippen LogP contribution >= 0.6 is 12.2 Å². The van der Waals surface area contributed by atoms with Gasteiger partial charge in [-0.25, -0.2) is 0 Å². The maximum atomic E-state index is 11.7. The maximum Gasteiger partial charge on any atom is 0.250 e. The first-order valence-electron chi connectivity index (χ1n) is 7.21. The molecule has 2 amide bonds. The number of thiocarbonyl (C=S) groups is 1. The van der Waals surface area contributed by atoms with Crippen molar-refractivity contribution in [2.75, 3.05) is 0 Å². The molecule has 0 radical (unpaired) electrons. The second-order valence-electron chi connectivity index (χ2n) is 4.94. The highest BCUT2D eigenvalue weighted by Crippen LogP contribution is 2.07. The molecule has 6 nitrogen and oxygen atoms in total. The van der Waals surface area contributed by atoms with Crippen LogP contribution in [-0.4, -0.2) is 16.9 Å². The normalized spacial score (nSPS) is 10.4. The first-order valence-corrected chi connectivity index (χ1v) is 7.62. The van der Waals surface area contributed by atoms with Gasteiger partial charge in [0.2, 0.25) is 11.8 Å². The Morgan fingerprint density at radius 1 is 1.12 bits per heavy atom. The molecule has 0 saturated carbocycles. The van der Waals surface area contributed by atoms with Crippen LogP contribution in [0, 0.1) is 6.92 Å². The number of hydrogen-bond donors (Lipinski definition) is 3. The van der Waals surface area contributed by atoms with Gasteiger partial charge in [0.15, 0.2) is 5.11 Å². The molecule has 0 unspecified atom stereocenters. The van der Waals surface area contributed by atoms with Gasteiger partial charge in [0.05, 0.1) is 6.42 Å². The molecule has 2 rings (SSSR count). The van der Waals surface area contributed by atoms with E-state index in [9.17, 15) is 9.59 Å². The van der Waals surface area contributed by atoms with Crippen molar-refractivity contribution in [3.63, 3.8) is 0 Å². The third-order valence-electron chi connectivity index (χ3n) is 2.92. The van der Waals surface area contributed by atoms with Gasteiger partial charge in [0.1, 0.15) is 11.5 Å². The summed E-state index contributed by atoms with van der Waals surface area (Å²) in [5.74, 6) is 0.629. The third kappa shape index (κ3) is 6.05. The molecule has 0 fully saturated rings. The molecule has 2 aromatic rings. The molecule has 0 aliphatic carbocycles. The smallest absolute Gasteiger partial charge is 0.250 e. The Balaban J connectivity index is 1.71. The van der Waals surface area contributed by atoms with Gasteiger partial charge in [-0.05, 0) is 42.9 Å². The van der Waals surface area contributed by atoms with E-state index in [0.717, 1.165) is 11.3 Å². The number of rotatable bonds is 4. The van der Waals surface area contributed by atoms with Crippen LogP contribution in [0.1, 0.15) is 17.1 Å². The van der Waals surface area contributed by atoms with Gasteiger partial charge in [0, 0.05) is 6.08 Å². The predicted octanol–water partition coefficient (Wildman–Crippen LogP) is 1.87. The summed E-state index contributed by atoms with van der Waals surface area (Å²) in [6.45, 7) is 1.81. The predicted molar refractivity (Wildman–Crippen MR) is 94.6 cm³/mol. The van der Waals surface area contributed by atoms with Gasteiger partial charge in [-0.3, -0.25) is 25.8 Å². The highest BCUT2D eigenvalue weighted by Gasteiger charge is 2.05. The molecule has 7 heteroatoms. The highest BCUT2D eigenvalue weighted by molar-refractivity contribution is 7.80. The molecule has 0 atom stereocenters. The van der Waals surface area contributed by atoms with Crippen LogP contribution in [0.25, 0.3) is 6.08 Å². The van der Waals surface area contributed by atoms with E-state index in [0.29, 0.717) is 5.76 Å². The van der Waals surface area contributed by atoms with E-state index in [2.05, 4.69) is 16.2 Å². The first-order chi connectivity index (χ1) is 11.5. The van der Waals surface area contributed by atoms with E-state index in [1.165, 1.54) is 12.2 Å². The van der Waals surface area contributed by atoms with Crippen molar-refractivity contribution in [3.05, 3.63) is 65.6 Å². The zero-order valence-corrected chi connectivity index (χ0v) is 13.9. The lowest BCUT2D eigenvalue weighted by atomic mass is 10.1. The molecule has 0 bridgehead atoms. The Morgan fingerprint density at radius 3 is 2.54 bits per heavy atom. The molecule has 24 heavy (non-hydrogen) atoms. The second kappa shape index (κ2) is 8.64. The summed E-state index contributed by atoms with van der Waals surface area (Å²) in [6, 6.07) is 12.8. The topological polar surface area (TPSA) is 83.4 Å². The van der Waals surface area contributed by atoms with Crippen LogP contribution in [0.5, 0.6) is 0 Å². The van der Waals surface area contributed by atoms with Gasteiger partial charge >= 0.3 is 0 Å². The number of benzene rings is 1. The van der Waals surface area contributed by atoms with Crippen molar-refractivity contribution in [3.8, 4) is 0 Å². The van der Waals surface area contributed by atoms with Crippen LogP contribution in [0.15, 0.2) is 53.0 Å². The van der Waals surface area contributed by atoms with Gasteiger partial charge in [-0.1, -0.05) is 30.3 Å². The van der Waals surface area contributed by atoms with E-state index in [1.807, 2.05) is 37.3 Å². The summed E-state index contributed by atoms with van der Waals surface area (Å²) in [5.41, 5.74) is 5.78. The summed E-state index contributed by atoms with van der Waals surface area (Å²) in [7, 11) is 0. The van der Waals surface area contributed by atoms with Gasteiger partial charge in [-0.15, -0.1) is 0 Å². The average molecular weight is 343 g/mol. The summed E-state index contributed by atoms with van der Waals surface area (Å²) in [4.78, 5) is 23.4. The Kier molecular flexibility index (Phi) is 6.27. The highest BCUT2D eigenvalue weighted by atomic mass is 32.1. The van der Waals surface area contributed by atoms with Crippen LogP contribution in [-0.2, 0) is 16.0 Å². The van der Waals surface area contributed by atoms with E-state index in [1.54, 1.807) is 12.1 Å². The van der Waals surface area contributed by atoms with Crippen LogP contribution in [0.2, 0.25) is 0 Å². The maximum absolute atomic E-state index is 11.7. The molecule has 124 valence electrons. The number of amides is 2. The standard InChI is InChI=1S/C17H17N3O3S/c1-12-7-8-14(23-12)9-10-15(21)18-17(24)20-19-16(22)11-13-5-3-2-4-6-13/h2-10H,11H2,1H3,(H,19,22)(H2,18,20,21,24)/b10-9+. The van der Waals surface area contributed by atoms with Crippen LogP contribution < -0.4 is 16.2 Å². The number of furan rings is 1. The molecular formula is C17H17N3O3S. The number of carbonyl (C=O) groups excluding carboxylic acids is 2. The Morgan fingerprint density at radius 2 is 1.88 bits per heavy atom. The molecule has 0 aliphatic heterocycles. The van der Waals surface area contributed by atoms with Gasteiger partial charge < -0.3 is 4.42 Å². The SMILES string of the molecule is Cc1ccc(/C=C/C(=O)NC(=S)NNC(=O)Cc2ccccc2)o1. The molecule has 1 aromatic carbocycles. The molecule has 1 aromatic heterocycles. The van der Waals surface area contributed by atoms with Gasteiger partial charge in [0.25, 0.3) is 0 Å². The fourth-order valence-electron chi connectivity index (χ4n) is 1.84. The summed E-state index contributed by atoms with van der Waals surface area (Å²) in [6.07, 6.45) is 3.03. The minimum atomic E-state index is -0.432. The van der Waals surface area contributed by atoms with Crippen molar-refractivity contribution in [2.24, 2.45) is 0 Å². The Bertz CT molecular complexity index is 753. The minimum absolute atomic E-state index is 0.00156. The Labute approximate surface area is 144 Å². The minimum Gasteiger partial charge on any atom is -0.462 e. The lowest BCUT2D eigenvalue weighted by Crippen LogP contribution is -2.48. The van der Waals surface area contributed by atoms with Crippen molar-refractivity contribution in [2.45, 2.75) is 13.3 Å². The number of hydrazine groups is 1.